The minimum absolute atomic E-state index is 0.0336. The van der Waals surface area contributed by atoms with Gasteiger partial charge < -0.3 is 19.3 Å². The maximum atomic E-state index is 12.7. The first-order valence-electron chi connectivity index (χ1n) is 8.07. The summed E-state index contributed by atoms with van der Waals surface area (Å²) in [7, 11) is 1.51. The topological polar surface area (TPSA) is 93.6 Å². The van der Waals surface area contributed by atoms with Crippen molar-refractivity contribution >= 4 is 11.9 Å². The van der Waals surface area contributed by atoms with Gasteiger partial charge in [-0.2, -0.15) is 0 Å². The molecule has 0 radical (unpaired) electrons. The highest BCUT2D eigenvalue weighted by Crippen LogP contribution is 2.26. The van der Waals surface area contributed by atoms with Crippen LogP contribution in [0.2, 0.25) is 0 Å². The van der Waals surface area contributed by atoms with Crippen molar-refractivity contribution in [2.75, 3.05) is 38.3 Å². The Morgan fingerprint density at radius 1 is 1.20 bits per heavy atom. The number of likely N-dealkylation sites (tertiary alicyclic amines) is 1. The van der Waals surface area contributed by atoms with Crippen molar-refractivity contribution < 1.29 is 14.3 Å². The van der Waals surface area contributed by atoms with Crippen molar-refractivity contribution in [3.8, 4) is 5.88 Å². The molecule has 9 heteroatoms. The summed E-state index contributed by atoms with van der Waals surface area (Å²) in [6.07, 6.45) is 6.25. The summed E-state index contributed by atoms with van der Waals surface area (Å²) in [5.74, 6) is 0.879. The SMILES string of the molecule is COc1cnc(C(=O)N2C[C@@H]3OCCN(c4ncccn4)[C@H]3C2)cn1. The molecule has 25 heavy (non-hydrogen) atoms. The minimum atomic E-state index is -0.165. The molecule has 2 aliphatic heterocycles. The Labute approximate surface area is 144 Å². The average Bonchev–Trinajstić information content (AvgIpc) is 3.12. The van der Waals surface area contributed by atoms with Crippen LogP contribution in [0.1, 0.15) is 10.5 Å². The molecule has 0 N–H and O–H groups in total. The zero-order valence-corrected chi connectivity index (χ0v) is 13.8. The van der Waals surface area contributed by atoms with Crippen LogP contribution in [-0.4, -0.2) is 76.2 Å². The Morgan fingerprint density at radius 3 is 2.76 bits per heavy atom. The van der Waals surface area contributed by atoms with Gasteiger partial charge in [0.2, 0.25) is 11.8 Å². The molecular weight excluding hydrogens is 324 g/mol. The molecule has 9 nitrogen and oxygen atoms in total. The predicted octanol–water partition coefficient (Wildman–Crippen LogP) is 0.00500. The highest BCUT2D eigenvalue weighted by Gasteiger charge is 2.43. The number of morpholine rings is 1. The molecule has 0 unspecified atom stereocenters. The third-order valence-electron chi connectivity index (χ3n) is 4.45. The van der Waals surface area contributed by atoms with Gasteiger partial charge in [-0.1, -0.05) is 0 Å². The molecule has 130 valence electrons. The Kier molecular flexibility index (Phi) is 4.14. The van der Waals surface area contributed by atoms with Crippen LogP contribution in [0.15, 0.2) is 30.9 Å². The van der Waals surface area contributed by atoms with Gasteiger partial charge in [-0.15, -0.1) is 0 Å². The molecule has 2 aliphatic rings. The van der Waals surface area contributed by atoms with Crippen molar-refractivity contribution in [2.45, 2.75) is 12.1 Å². The van der Waals surface area contributed by atoms with Gasteiger partial charge in [-0.25, -0.2) is 19.9 Å². The fraction of sp³-hybridized carbons (Fsp3) is 0.438. The molecule has 4 heterocycles. The molecule has 0 saturated carbocycles. The summed E-state index contributed by atoms with van der Waals surface area (Å²) in [5.41, 5.74) is 0.293. The summed E-state index contributed by atoms with van der Waals surface area (Å²) in [4.78, 5) is 33.4. The number of methoxy groups -OCH3 is 1. The van der Waals surface area contributed by atoms with Crippen LogP contribution in [0.25, 0.3) is 0 Å². The number of nitrogens with zero attached hydrogens (tertiary/aromatic N) is 6. The van der Waals surface area contributed by atoms with Crippen molar-refractivity contribution in [3.63, 3.8) is 0 Å². The van der Waals surface area contributed by atoms with E-state index in [0.29, 0.717) is 43.8 Å². The molecule has 0 aliphatic carbocycles. The van der Waals surface area contributed by atoms with E-state index in [2.05, 4.69) is 24.8 Å². The second kappa shape index (κ2) is 6.60. The van der Waals surface area contributed by atoms with E-state index in [-0.39, 0.29) is 18.1 Å². The van der Waals surface area contributed by atoms with Gasteiger partial charge in [0.25, 0.3) is 5.91 Å². The maximum Gasteiger partial charge on any atom is 0.274 e. The van der Waals surface area contributed by atoms with Crippen molar-refractivity contribution in [2.24, 2.45) is 0 Å². The molecule has 2 aromatic heterocycles. The van der Waals surface area contributed by atoms with Gasteiger partial charge in [0.1, 0.15) is 5.69 Å². The fourth-order valence-electron chi connectivity index (χ4n) is 3.24. The van der Waals surface area contributed by atoms with Crippen molar-refractivity contribution in [1.82, 2.24) is 24.8 Å². The zero-order chi connectivity index (χ0) is 17.2. The normalized spacial score (nSPS) is 22.6. The summed E-state index contributed by atoms with van der Waals surface area (Å²) in [6.45, 7) is 2.34. The first-order valence-corrected chi connectivity index (χ1v) is 8.07. The summed E-state index contributed by atoms with van der Waals surface area (Å²) < 4.78 is 10.8. The van der Waals surface area contributed by atoms with E-state index in [1.807, 2.05) is 0 Å². The summed E-state index contributed by atoms with van der Waals surface area (Å²) in [5, 5.41) is 0. The highest BCUT2D eigenvalue weighted by molar-refractivity contribution is 5.92. The van der Waals surface area contributed by atoms with E-state index in [9.17, 15) is 4.79 Å². The van der Waals surface area contributed by atoms with Crippen LogP contribution >= 0.6 is 0 Å². The largest absolute Gasteiger partial charge is 0.480 e. The summed E-state index contributed by atoms with van der Waals surface area (Å²) >= 11 is 0. The Bertz CT molecular complexity index is 741. The van der Waals surface area contributed by atoms with E-state index in [4.69, 9.17) is 9.47 Å². The van der Waals surface area contributed by atoms with Gasteiger partial charge in [0, 0.05) is 32.0 Å². The lowest BCUT2D eigenvalue weighted by Crippen LogP contribution is -2.51. The second-order valence-corrected chi connectivity index (χ2v) is 5.87. The maximum absolute atomic E-state index is 12.7. The number of anilines is 1. The number of fused-ring (bicyclic) bond motifs is 1. The molecule has 1 amide bonds. The number of carbonyl (C=O) groups is 1. The molecule has 2 atom stereocenters. The smallest absolute Gasteiger partial charge is 0.274 e. The number of carbonyl (C=O) groups excluding carboxylic acids is 1. The minimum Gasteiger partial charge on any atom is -0.480 e. The lowest BCUT2D eigenvalue weighted by atomic mass is 10.1. The van der Waals surface area contributed by atoms with Gasteiger partial charge in [-0.3, -0.25) is 4.79 Å². The summed E-state index contributed by atoms with van der Waals surface area (Å²) in [6, 6.07) is 1.82. The number of ether oxygens (including phenoxy) is 2. The van der Waals surface area contributed by atoms with Gasteiger partial charge in [0.15, 0.2) is 0 Å². The molecule has 4 rings (SSSR count). The predicted molar refractivity (Wildman–Crippen MR) is 87.4 cm³/mol. The third-order valence-corrected chi connectivity index (χ3v) is 4.45. The quantitative estimate of drug-likeness (QED) is 0.770. The van der Waals surface area contributed by atoms with E-state index in [1.54, 1.807) is 23.4 Å². The molecule has 0 aromatic carbocycles. The van der Waals surface area contributed by atoms with Crippen molar-refractivity contribution in [3.05, 3.63) is 36.5 Å². The monoisotopic (exact) mass is 342 g/mol. The molecule has 0 spiro atoms. The molecule has 2 fully saturated rings. The van der Waals surface area contributed by atoms with Crippen LogP contribution in [0.5, 0.6) is 5.88 Å². The average molecular weight is 342 g/mol. The first-order chi connectivity index (χ1) is 12.3. The van der Waals surface area contributed by atoms with Crippen molar-refractivity contribution in [1.29, 1.82) is 0 Å². The van der Waals surface area contributed by atoms with E-state index in [0.717, 1.165) is 0 Å². The Morgan fingerprint density at radius 2 is 2.04 bits per heavy atom. The highest BCUT2D eigenvalue weighted by atomic mass is 16.5. The lowest BCUT2D eigenvalue weighted by Gasteiger charge is -2.36. The first kappa shape index (κ1) is 15.7. The fourth-order valence-corrected chi connectivity index (χ4v) is 3.24. The van der Waals surface area contributed by atoms with E-state index < -0.39 is 0 Å². The number of hydrogen-bond acceptors (Lipinski definition) is 8. The number of amides is 1. The van der Waals surface area contributed by atoms with Gasteiger partial charge in [-0.05, 0) is 6.07 Å². The Balaban J connectivity index is 1.51. The van der Waals surface area contributed by atoms with Crippen LogP contribution in [-0.2, 0) is 4.74 Å². The second-order valence-electron chi connectivity index (χ2n) is 5.87. The molecular formula is C16H18N6O3. The van der Waals surface area contributed by atoms with E-state index >= 15 is 0 Å². The lowest BCUT2D eigenvalue weighted by molar-refractivity contribution is 0.0296. The van der Waals surface area contributed by atoms with Crippen LogP contribution in [0, 0.1) is 0 Å². The number of rotatable bonds is 3. The van der Waals surface area contributed by atoms with Gasteiger partial charge in [0.05, 0.1) is 38.3 Å². The van der Waals surface area contributed by atoms with Crippen LogP contribution in [0.4, 0.5) is 5.95 Å². The zero-order valence-electron chi connectivity index (χ0n) is 13.8. The third kappa shape index (κ3) is 2.98. The molecule has 2 aromatic rings. The number of hydrogen-bond donors (Lipinski definition) is 0. The van der Waals surface area contributed by atoms with Gasteiger partial charge >= 0.3 is 0 Å². The number of aromatic nitrogens is 4. The molecule has 0 bridgehead atoms. The van der Waals surface area contributed by atoms with Crippen LogP contribution < -0.4 is 9.64 Å². The van der Waals surface area contributed by atoms with Crippen LogP contribution in [0.3, 0.4) is 0 Å². The van der Waals surface area contributed by atoms with E-state index in [1.165, 1.54) is 19.5 Å². The molecule has 2 saturated heterocycles. The Hall–Kier alpha value is -2.81. The standard InChI is InChI=1S/C16H18N6O3/c1-24-14-8-19-11(7-20-14)15(23)21-9-12-13(10-21)25-6-5-22(12)16-17-3-2-4-18-16/h2-4,7-8,12-13H,5-6,9-10H2,1H3/t12-,13-/m0/s1.